The second kappa shape index (κ2) is 12.2. The largest absolute Gasteiger partial charge is 0.550 e. The van der Waals surface area contributed by atoms with E-state index in [0.29, 0.717) is 19.3 Å². The van der Waals surface area contributed by atoms with E-state index in [-0.39, 0.29) is 24.0 Å². The van der Waals surface area contributed by atoms with Gasteiger partial charge in [0.25, 0.3) is 0 Å². The number of ketones is 1. The van der Waals surface area contributed by atoms with Gasteiger partial charge >= 0.3 is 0 Å². The summed E-state index contributed by atoms with van der Waals surface area (Å²) in [6, 6.07) is 0. The van der Waals surface area contributed by atoms with Gasteiger partial charge in [-0.05, 0) is 37.7 Å². The van der Waals surface area contributed by atoms with Crippen LogP contribution in [0.1, 0.15) is 77.6 Å². The van der Waals surface area contributed by atoms with Gasteiger partial charge < -0.3 is 20.1 Å². The lowest BCUT2D eigenvalue weighted by Crippen LogP contribution is -2.21. The van der Waals surface area contributed by atoms with Crippen molar-refractivity contribution in [3.8, 4) is 0 Å². The Balaban J connectivity index is 2.39. The van der Waals surface area contributed by atoms with Crippen molar-refractivity contribution in [1.29, 1.82) is 0 Å². The lowest BCUT2D eigenvalue weighted by atomic mass is 9.88. The number of carboxylic acids is 1. The number of unbranched alkanes of at least 4 members (excludes halogenated alkanes) is 5. The highest BCUT2D eigenvalue weighted by atomic mass is 16.4. The van der Waals surface area contributed by atoms with E-state index in [1.807, 2.05) is 0 Å². The molecule has 1 aliphatic carbocycles. The molecule has 0 bridgehead atoms. The summed E-state index contributed by atoms with van der Waals surface area (Å²) >= 11 is 0. The molecule has 0 amide bonds. The van der Waals surface area contributed by atoms with Crippen LogP contribution in [0.25, 0.3) is 0 Å². The van der Waals surface area contributed by atoms with Crippen molar-refractivity contribution in [2.24, 2.45) is 11.8 Å². The van der Waals surface area contributed by atoms with E-state index < -0.39 is 18.2 Å². The molecule has 0 aromatic heterocycles. The fourth-order valence-electron chi connectivity index (χ4n) is 3.63. The van der Waals surface area contributed by atoms with Crippen LogP contribution in [0, 0.1) is 11.8 Å². The average molecular weight is 353 g/mol. The van der Waals surface area contributed by atoms with Crippen molar-refractivity contribution in [2.75, 3.05) is 0 Å². The zero-order valence-electron chi connectivity index (χ0n) is 15.4. The molecule has 1 saturated carbocycles. The van der Waals surface area contributed by atoms with Crippen LogP contribution >= 0.6 is 0 Å². The molecule has 5 nitrogen and oxygen atoms in total. The Morgan fingerprint density at radius 1 is 1.00 bits per heavy atom. The molecule has 2 N–H and O–H groups in total. The van der Waals surface area contributed by atoms with Crippen LogP contribution in [-0.4, -0.2) is 34.2 Å². The number of allylic oxidation sites excluding steroid dienone is 1. The Labute approximate surface area is 151 Å². The van der Waals surface area contributed by atoms with Gasteiger partial charge in [0.05, 0.1) is 12.2 Å². The maximum absolute atomic E-state index is 11.9. The van der Waals surface area contributed by atoms with Gasteiger partial charge in [0.1, 0.15) is 0 Å². The molecule has 1 aliphatic rings. The summed E-state index contributed by atoms with van der Waals surface area (Å²) in [7, 11) is 0. The van der Waals surface area contributed by atoms with Crippen LogP contribution in [0.15, 0.2) is 12.2 Å². The van der Waals surface area contributed by atoms with Crippen molar-refractivity contribution < 1.29 is 24.9 Å². The normalized spacial score (nSPS) is 26.4. The first-order valence-electron chi connectivity index (χ1n) is 9.72. The van der Waals surface area contributed by atoms with Crippen LogP contribution in [0.5, 0.6) is 0 Å². The maximum atomic E-state index is 11.9. The SMILES string of the molecule is CCCCCC(=O)/C=C/[C@@H]1[C@@H](CCCCCCC(=O)[O-])[C@@H](O)C[C@H]1O. The first-order chi connectivity index (χ1) is 12.0. The van der Waals surface area contributed by atoms with Crippen molar-refractivity contribution >= 4 is 11.8 Å². The van der Waals surface area contributed by atoms with Crippen molar-refractivity contribution in [1.82, 2.24) is 0 Å². The van der Waals surface area contributed by atoms with Gasteiger partial charge in [-0.25, -0.2) is 0 Å². The summed E-state index contributed by atoms with van der Waals surface area (Å²) in [6.07, 6.45) is 10.3. The molecular weight excluding hydrogens is 320 g/mol. The third-order valence-corrected chi connectivity index (χ3v) is 5.12. The summed E-state index contributed by atoms with van der Waals surface area (Å²) in [5.74, 6) is -1.13. The molecule has 0 saturated heterocycles. The summed E-state index contributed by atoms with van der Waals surface area (Å²) < 4.78 is 0. The Morgan fingerprint density at radius 2 is 1.68 bits per heavy atom. The van der Waals surface area contributed by atoms with Crippen molar-refractivity contribution in [2.45, 2.75) is 89.8 Å². The van der Waals surface area contributed by atoms with E-state index >= 15 is 0 Å². The molecule has 144 valence electrons. The zero-order chi connectivity index (χ0) is 18.7. The number of carbonyl (C=O) groups is 2. The van der Waals surface area contributed by atoms with Crippen LogP contribution < -0.4 is 5.11 Å². The Morgan fingerprint density at radius 3 is 2.36 bits per heavy atom. The van der Waals surface area contributed by atoms with Gasteiger partial charge in [-0.1, -0.05) is 45.1 Å². The lowest BCUT2D eigenvalue weighted by molar-refractivity contribution is -0.305. The first-order valence-corrected chi connectivity index (χ1v) is 9.72. The van der Waals surface area contributed by atoms with Gasteiger partial charge in [-0.3, -0.25) is 4.79 Å². The van der Waals surface area contributed by atoms with Gasteiger partial charge in [0.2, 0.25) is 0 Å². The second-order valence-corrected chi connectivity index (χ2v) is 7.22. The summed E-state index contributed by atoms with van der Waals surface area (Å²) in [4.78, 5) is 22.2. The number of aliphatic carboxylic acids is 1. The third kappa shape index (κ3) is 8.63. The van der Waals surface area contributed by atoms with Crippen molar-refractivity contribution in [3.63, 3.8) is 0 Å². The Hall–Kier alpha value is -1.20. The van der Waals surface area contributed by atoms with Gasteiger partial charge in [0.15, 0.2) is 5.78 Å². The highest BCUT2D eigenvalue weighted by molar-refractivity contribution is 5.89. The Bertz CT molecular complexity index is 432. The average Bonchev–Trinajstić information content (AvgIpc) is 2.82. The molecular formula is C20H33O5-. The van der Waals surface area contributed by atoms with E-state index in [1.165, 1.54) is 0 Å². The molecule has 25 heavy (non-hydrogen) atoms. The van der Waals surface area contributed by atoms with Gasteiger partial charge in [-0.15, -0.1) is 0 Å². The maximum Gasteiger partial charge on any atom is 0.155 e. The molecule has 0 aromatic rings. The summed E-state index contributed by atoms with van der Waals surface area (Å²) in [5.41, 5.74) is 0. The number of carbonyl (C=O) groups excluding carboxylic acids is 2. The quantitative estimate of drug-likeness (QED) is 0.390. The fraction of sp³-hybridized carbons (Fsp3) is 0.800. The molecule has 0 unspecified atom stereocenters. The van der Waals surface area contributed by atoms with E-state index in [0.717, 1.165) is 44.9 Å². The third-order valence-electron chi connectivity index (χ3n) is 5.12. The van der Waals surface area contributed by atoms with Crippen molar-refractivity contribution in [3.05, 3.63) is 12.2 Å². The number of hydrogen-bond acceptors (Lipinski definition) is 5. The second-order valence-electron chi connectivity index (χ2n) is 7.22. The summed E-state index contributed by atoms with van der Waals surface area (Å²) in [5, 5.41) is 30.7. The molecule has 5 heteroatoms. The highest BCUT2D eigenvalue weighted by Gasteiger charge is 2.39. The number of aliphatic hydroxyl groups is 2. The Kier molecular flexibility index (Phi) is 10.7. The molecule has 0 spiro atoms. The highest BCUT2D eigenvalue weighted by Crippen LogP contribution is 2.37. The fourth-order valence-corrected chi connectivity index (χ4v) is 3.63. The van der Waals surface area contributed by atoms with Crippen LogP contribution in [-0.2, 0) is 9.59 Å². The zero-order valence-corrected chi connectivity index (χ0v) is 15.4. The molecule has 0 aromatic carbocycles. The molecule has 1 fully saturated rings. The van der Waals surface area contributed by atoms with Crippen LogP contribution in [0.4, 0.5) is 0 Å². The standard InChI is InChI=1S/C20H34O5/c1-2-3-6-9-15(21)12-13-17-16(18(22)14-19(17)23)10-7-4-5-8-11-20(24)25/h12-13,16-19,22-23H,2-11,14H2,1H3,(H,24,25)/p-1/b13-12+/t16-,17-,18+,19-/m1/s1. The smallest absolute Gasteiger partial charge is 0.155 e. The van der Waals surface area contributed by atoms with E-state index in [1.54, 1.807) is 12.2 Å². The minimum absolute atomic E-state index is 0.0316. The number of rotatable bonds is 13. The molecule has 0 heterocycles. The first kappa shape index (κ1) is 21.8. The molecule has 4 atom stereocenters. The predicted octanol–water partition coefficient (Wildman–Crippen LogP) is 2.14. The minimum atomic E-state index is -1.01. The monoisotopic (exact) mass is 353 g/mol. The summed E-state index contributed by atoms with van der Waals surface area (Å²) in [6.45, 7) is 2.10. The predicted molar refractivity (Wildman–Crippen MR) is 94.6 cm³/mol. The number of hydrogen-bond donors (Lipinski definition) is 2. The van der Waals surface area contributed by atoms with E-state index in [9.17, 15) is 24.9 Å². The van der Waals surface area contributed by atoms with Gasteiger partial charge in [0, 0.05) is 24.7 Å². The topological polar surface area (TPSA) is 97.7 Å². The molecule has 0 radical (unpaired) electrons. The number of carboxylic acid groups (broad SMARTS) is 1. The van der Waals surface area contributed by atoms with E-state index in [4.69, 9.17) is 0 Å². The lowest BCUT2D eigenvalue weighted by Gasteiger charge is -2.20. The molecule has 0 aliphatic heterocycles. The van der Waals surface area contributed by atoms with Crippen LogP contribution in [0.3, 0.4) is 0 Å². The van der Waals surface area contributed by atoms with Crippen LogP contribution in [0.2, 0.25) is 0 Å². The molecule has 1 rings (SSSR count). The minimum Gasteiger partial charge on any atom is -0.550 e. The van der Waals surface area contributed by atoms with Gasteiger partial charge in [-0.2, -0.15) is 0 Å². The number of aliphatic hydroxyl groups excluding tert-OH is 2. The van der Waals surface area contributed by atoms with E-state index in [2.05, 4.69) is 6.92 Å².